The second-order valence-electron chi connectivity index (χ2n) is 4.84. The second-order valence-corrected chi connectivity index (χ2v) is 4.84. The number of ether oxygens (including phenoxy) is 1. The van der Waals surface area contributed by atoms with Crippen LogP contribution < -0.4 is 11.1 Å². The number of hydrogen-bond donors (Lipinski definition) is 2. The minimum atomic E-state index is -0.652. The van der Waals surface area contributed by atoms with Crippen LogP contribution in [0.3, 0.4) is 0 Å². The van der Waals surface area contributed by atoms with Crippen molar-refractivity contribution in [3.8, 4) is 11.1 Å². The molecule has 0 bridgehead atoms. The number of nitrogens with two attached hydrogens (primary N) is 1. The number of amides is 1. The van der Waals surface area contributed by atoms with Crippen LogP contribution in [0, 0.1) is 0 Å². The van der Waals surface area contributed by atoms with Crippen LogP contribution in [0.4, 0.5) is 0 Å². The first-order valence-corrected chi connectivity index (χ1v) is 6.71. The van der Waals surface area contributed by atoms with E-state index in [1.807, 2.05) is 37.5 Å². The van der Waals surface area contributed by atoms with Crippen molar-refractivity contribution in [2.75, 3.05) is 13.7 Å². The largest absolute Gasteiger partial charge is 0.383 e. The third-order valence-corrected chi connectivity index (χ3v) is 3.17. The monoisotopic (exact) mass is 288 g/mol. The van der Waals surface area contributed by atoms with Crippen molar-refractivity contribution in [1.82, 2.24) is 15.1 Å². The van der Waals surface area contributed by atoms with Crippen LogP contribution in [0.15, 0.2) is 36.7 Å². The summed E-state index contributed by atoms with van der Waals surface area (Å²) in [4.78, 5) is 11.8. The summed E-state index contributed by atoms with van der Waals surface area (Å²) in [6.07, 6.45) is 3.74. The Morgan fingerprint density at radius 2 is 2.24 bits per heavy atom. The molecule has 112 valence electrons. The maximum atomic E-state index is 11.8. The normalized spacial score (nSPS) is 12.1. The third kappa shape index (κ3) is 3.90. The van der Waals surface area contributed by atoms with Crippen LogP contribution in [0.2, 0.25) is 0 Å². The summed E-state index contributed by atoms with van der Waals surface area (Å²) in [7, 11) is 3.39. The van der Waals surface area contributed by atoms with Gasteiger partial charge in [0.05, 0.1) is 12.8 Å². The molecule has 2 aromatic rings. The molecular formula is C15H20N4O2. The quantitative estimate of drug-likeness (QED) is 0.819. The lowest BCUT2D eigenvalue weighted by molar-refractivity contribution is -0.123. The van der Waals surface area contributed by atoms with Crippen molar-refractivity contribution < 1.29 is 9.53 Å². The number of hydrogen-bond acceptors (Lipinski definition) is 4. The molecule has 2 rings (SSSR count). The van der Waals surface area contributed by atoms with Gasteiger partial charge >= 0.3 is 0 Å². The Morgan fingerprint density at radius 1 is 1.48 bits per heavy atom. The van der Waals surface area contributed by atoms with E-state index in [0.29, 0.717) is 6.54 Å². The number of benzene rings is 1. The zero-order valence-electron chi connectivity index (χ0n) is 12.2. The van der Waals surface area contributed by atoms with Crippen molar-refractivity contribution in [2.24, 2.45) is 12.8 Å². The maximum Gasteiger partial charge on any atom is 0.239 e. The van der Waals surface area contributed by atoms with Crippen LogP contribution in [-0.2, 0) is 23.1 Å². The fraction of sp³-hybridized carbons (Fsp3) is 0.333. The molecule has 0 aliphatic heterocycles. The second kappa shape index (κ2) is 7.01. The van der Waals surface area contributed by atoms with Crippen LogP contribution in [0.1, 0.15) is 5.56 Å². The lowest BCUT2D eigenvalue weighted by Gasteiger charge is -2.13. The number of nitrogens with one attached hydrogen (secondary N) is 1. The standard InChI is InChI=1S/C15H20N4O2/c1-19-9-12(8-18-19)13-6-4-3-5-11(13)7-17-15(20)14(16)10-21-2/h3-6,8-9,14H,7,10,16H2,1-2H3,(H,17,20). The van der Waals surface area contributed by atoms with Gasteiger partial charge in [0.1, 0.15) is 6.04 Å². The smallest absolute Gasteiger partial charge is 0.239 e. The van der Waals surface area contributed by atoms with Crippen molar-refractivity contribution in [2.45, 2.75) is 12.6 Å². The molecule has 0 saturated carbocycles. The Labute approximate surface area is 123 Å². The number of rotatable bonds is 6. The van der Waals surface area contributed by atoms with E-state index in [4.69, 9.17) is 10.5 Å². The Morgan fingerprint density at radius 3 is 2.90 bits per heavy atom. The van der Waals surface area contributed by atoms with Crippen LogP contribution in [-0.4, -0.2) is 35.4 Å². The van der Waals surface area contributed by atoms with E-state index in [0.717, 1.165) is 16.7 Å². The summed E-state index contributed by atoms with van der Waals surface area (Å²) in [6.45, 7) is 0.622. The number of aryl methyl sites for hydroxylation is 1. The average Bonchev–Trinajstić information content (AvgIpc) is 2.91. The van der Waals surface area contributed by atoms with E-state index in [2.05, 4.69) is 10.4 Å². The molecule has 6 heteroatoms. The number of nitrogens with zero attached hydrogens (tertiary/aromatic N) is 2. The van der Waals surface area contributed by atoms with Gasteiger partial charge in [0.25, 0.3) is 0 Å². The number of carbonyl (C=O) groups excluding carboxylic acids is 1. The van der Waals surface area contributed by atoms with Crippen molar-refractivity contribution in [1.29, 1.82) is 0 Å². The van der Waals surface area contributed by atoms with Crippen LogP contribution >= 0.6 is 0 Å². The van der Waals surface area contributed by atoms with Gasteiger partial charge in [0.2, 0.25) is 5.91 Å². The molecule has 0 radical (unpaired) electrons. The molecule has 1 aromatic heterocycles. The average molecular weight is 288 g/mol. The number of methoxy groups -OCH3 is 1. The van der Waals surface area contributed by atoms with Crippen molar-refractivity contribution in [3.63, 3.8) is 0 Å². The molecular weight excluding hydrogens is 268 g/mol. The molecule has 0 aliphatic rings. The Kier molecular flexibility index (Phi) is 5.08. The van der Waals surface area contributed by atoms with Gasteiger partial charge in [-0.15, -0.1) is 0 Å². The van der Waals surface area contributed by atoms with Gasteiger partial charge in [0.15, 0.2) is 0 Å². The molecule has 1 heterocycles. The predicted octanol–water partition coefficient (Wildman–Crippen LogP) is 0.677. The van der Waals surface area contributed by atoms with E-state index in [1.165, 1.54) is 7.11 Å². The summed E-state index contributed by atoms with van der Waals surface area (Å²) in [5.41, 5.74) is 8.78. The molecule has 21 heavy (non-hydrogen) atoms. The van der Waals surface area contributed by atoms with Crippen LogP contribution in [0.25, 0.3) is 11.1 Å². The molecule has 1 amide bonds. The number of aromatic nitrogens is 2. The van der Waals surface area contributed by atoms with Crippen LogP contribution in [0.5, 0.6) is 0 Å². The Balaban J connectivity index is 2.09. The highest BCUT2D eigenvalue weighted by molar-refractivity contribution is 5.81. The summed E-state index contributed by atoms with van der Waals surface area (Å²) in [6, 6.07) is 7.24. The van der Waals surface area contributed by atoms with Gasteiger partial charge in [-0.05, 0) is 11.1 Å². The van der Waals surface area contributed by atoms with Gasteiger partial charge in [0, 0.05) is 32.5 Å². The summed E-state index contributed by atoms with van der Waals surface area (Å²) < 4.78 is 6.62. The fourth-order valence-corrected chi connectivity index (χ4v) is 2.09. The van der Waals surface area contributed by atoms with Crippen molar-refractivity contribution >= 4 is 5.91 Å². The van der Waals surface area contributed by atoms with Gasteiger partial charge in [-0.3, -0.25) is 9.48 Å². The first-order valence-electron chi connectivity index (χ1n) is 6.71. The van der Waals surface area contributed by atoms with Gasteiger partial charge in [-0.1, -0.05) is 24.3 Å². The minimum Gasteiger partial charge on any atom is -0.383 e. The van der Waals surface area contributed by atoms with Gasteiger partial charge in [-0.25, -0.2) is 0 Å². The van der Waals surface area contributed by atoms with E-state index in [9.17, 15) is 4.79 Å². The zero-order chi connectivity index (χ0) is 15.2. The highest BCUT2D eigenvalue weighted by Gasteiger charge is 2.13. The molecule has 1 unspecified atom stereocenters. The van der Waals surface area contributed by atoms with Gasteiger partial charge < -0.3 is 15.8 Å². The lowest BCUT2D eigenvalue weighted by atomic mass is 10.0. The minimum absolute atomic E-state index is 0.204. The van der Waals surface area contributed by atoms with E-state index < -0.39 is 6.04 Å². The SMILES string of the molecule is COCC(N)C(=O)NCc1ccccc1-c1cnn(C)c1. The molecule has 3 N–H and O–H groups in total. The third-order valence-electron chi connectivity index (χ3n) is 3.17. The highest BCUT2D eigenvalue weighted by atomic mass is 16.5. The Bertz CT molecular complexity index is 609. The molecule has 1 aromatic carbocycles. The number of carbonyl (C=O) groups is 1. The van der Waals surface area contributed by atoms with Crippen molar-refractivity contribution in [3.05, 3.63) is 42.2 Å². The lowest BCUT2D eigenvalue weighted by Crippen LogP contribution is -2.43. The van der Waals surface area contributed by atoms with E-state index >= 15 is 0 Å². The summed E-state index contributed by atoms with van der Waals surface area (Å²) >= 11 is 0. The van der Waals surface area contributed by atoms with Gasteiger partial charge in [-0.2, -0.15) is 5.10 Å². The highest BCUT2D eigenvalue weighted by Crippen LogP contribution is 2.22. The predicted molar refractivity (Wildman–Crippen MR) is 80.3 cm³/mol. The zero-order valence-corrected chi connectivity index (χ0v) is 12.2. The maximum absolute atomic E-state index is 11.8. The molecule has 1 atom stereocenters. The Hall–Kier alpha value is -2.18. The molecule has 0 aliphatic carbocycles. The molecule has 0 spiro atoms. The molecule has 0 saturated heterocycles. The first kappa shape index (κ1) is 15.2. The van der Waals surface area contributed by atoms with E-state index in [1.54, 1.807) is 10.9 Å². The fourth-order valence-electron chi connectivity index (χ4n) is 2.09. The first-order chi connectivity index (χ1) is 10.1. The molecule has 6 nitrogen and oxygen atoms in total. The van der Waals surface area contributed by atoms with E-state index in [-0.39, 0.29) is 12.5 Å². The summed E-state index contributed by atoms with van der Waals surface area (Å²) in [5.74, 6) is -0.224. The molecule has 0 fully saturated rings. The topological polar surface area (TPSA) is 82.2 Å². The summed E-state index contributed by atoms with van der Waals surface area (Å²) in [5, 5.41) is 7.00.